The minimum atomic E-state index is 0.943. The molecule has 27 heavy (non-hydrogen) atoms. The van der Waals surface area contributed by atoms with E-state index in [1.165, 1.54) is 83.7 Å². The molecule has 0 spiro atoms. The first-order chi connectivity index (χ1) is 13.3. The van der Waals surface area contributed by atoms with E-state index in [-0.39, 0.29) is 0 Å². The lowest BCUT2D eigenvalue weighted by atomic mass is 9.69. The first-order valence-electron chi connectivity index (χ1n) is 13.0. The number of hydrogen-bond donors (Lipinski definition) is 0. The van der Waals surface area contributed by atoms with E-state index in [1.807, 2.05) is 0 Å². The molecule has 1 heterocycles. The van der Waals surface area contributed by atoms with E-state index in [0.29, 0.717) is 0 Å². The number of unbranched alkanes of at least 4 members (excludes halogenated alkanes) is 3. The van der Waals surface area contributed by atoms with Gasteiger partial charge in [-0.3, -0.25) is 0 Å². The maximum absolute atomic E-state index is 2.90. The lowest BCUT2D eigenvalue weighted by Crippen LogP contribution is -2.43. The van der Waals surface area contributed by atoms with Gasteiger partial charge in [0, 0.05) is 6.04 Å². The molecule has 0 atom stereocenters. The van der Waals surface area contributed by atoms with Gasteiger partial charge >= 0.3 is 0 Å². The summed E-state index contributed by atoms with van der Waals surface area (Å²) >= 11 is 0. The monoisotopic (exact) mass is 375 g/mol. The van der Waals surface area contributed by atoms with Gasteiger partial charge in [-0.15, -0.1) is 0 Å². The summed E-state index contributed by atoms with van der Waals surface area (Å²) in [4.78, 5) is 2.90. The van der Waals surface area contributed by atoms with Crippen molar-refractivity contribution in [1.82, 2.24) is 4.90 Å². The zero-order valence-electron chi connectivity index (χ0n) is 18.8. The van der Waals surface area contributed by atoms with Crippen LogP contribution in [0.25, 0.3) is 0 Å². The highest BCUT2D eigenvalue weighted by atomic mass is 15.2. The highest BCUT2D eigenvalue weighted by Gasteiger charge is 2.33. The highest BCUT2D eigenvalue weighted by Crippen LogP contribution is 2.42. The molecule has 3 rings (SSSR count). The van der Waals surface area contributed by atoms with Crippen molar-refractivity contribution in [2.75, 3.05) is 13.1 Å². The summed E-state index contributed by atoms with van der Waals surface area (Å²) in [7, 11) is 0. The van der Waals surface area contributed by atoms with Crippen molar-refractivity contribution in [3.63, 3.8) is 0 Å². The number of hydrogen-bond acceptors (Lipinski definition) is 1. The predicted molar refractivity (Wildman–Crippen MR) is 119 cm³/mol. The summed E-state index contributed by atoms with van der Waals surface area (Å²) in [5, 5.41) is 0. The van der Waals surface area contributed by atoms with E-state index in [0.717, 1.165) is 29.7 Å². The molecular formula is C26H49N. The van der Waals surface area contributed by atoms with Crippen LogP contribution in [0.15, 0.2) is 0 Å². The fraction of sp³-hybridized carbons (Fsp3) is 1.00. The molecule has 0 bridgehead atoms. The average molecular weight is 376 g/mol. The van der Waals surface area contributed by atoms with Crippen LogP contribution in [-0.2, 0) is 0 Å². The summed E-state index contributed by atoms with van der Waals surface area (Å²) < 4.78 is 0. The van der Waals surface area contributed by atoms with Crippen molar-refractivity contribution in [3.8, 4) is 0 Å². The van der Waals surface area contributed by atoms with Gasteiger partial charge in [0.15, 0.2) is 0 Å². The molecule has 1 nitrogen and oxygen atoms in total. The van der Waals surface area contributed by atoms with Crippen LogP contribution in [0.1, 0.15) is 123 Å². The molecule has 0 aromatic carbocycles. The molecule has 0 radical (unpaired) electrons. The van der Waals surface area contributed by atoms with Crippen LogP contribution < -0.4 is 0 Å². The molecule has 1 heteroatoms. The smallest absolute Gasteiger partial charge is 0.00954 e. The van der Waals surface area contributed by atoms with Gasteiger partial charge in [-0.1, -0.05) is 71.6 Å². The fourth-order valence-corrected chi connectivity index (χ4v) is 6.67. The molecule has 1 saturated heterocycles. The van der Waals surface area contributed by atoms with Gasteiger partial charge in [-0.25, -0.2) is 0 Å². The maximum atomic E-state index is 2.90. The topological polar surface area (TPSA) is 3.24 Å². The molecular weight excluding hydrogens is 326 g/mol. The van der Waals surface area contributed by atoms with E-state index in [9.17, 15) is 0 Å². The molecule has 2 aliphatic carbocycles. The Morgan fingerprint density at radius 3 is 1.67 bits per heavy atom. The Labute approximate surface area is 171 Å². The summed E-state index contributed by atoms with van der Waals surface area (Å²) in [5.74, 6) is 4.30. The van der Waals surface area contributed by atoms with Crippen molar-refractivity contribution >= 4 is 0 Å². The third-order valence-corrected chi connectivity index (χ3v) is 8.65. The van der Waals surface area contributed by atoms with Gasteiger partial charge in [0.25, 0.3) is 0 Å². The number of nitrogens with zero attached hydrogens (tertiary/aromatic N) is 1. The van der Waals surface area contributed by atoms with Crippen molar-refractivity contribution in [2.45, 2.75) is 129 Å². The normalized spacial score (nSPS) is 34.0. The SMILES string of the molecule is CCCCCC1CCN([C@H]2CC[C@H]([C@H]3CC[C@H](CCCC)CC3)CC2)CC1. The number of likely N-dealkylation sites (tertiary alicyclic amines) is 1. The molecule has 0 amide bonds. The third-order valence-electron chi connectivity index (χ3n) is 8.65. The number of piperidine rings is 1. The van der Waals surface area contributed by atoms with Gasteiger partial charge < -0.3 is 4.90 Å². The lowest BCUT2D eigenvalue weighted by Gasteiger charge is -2.43. The van der Waals surface area contributed by atoms with E-state index >= 15 is 0 Å². The molecule has 2 saturated carbocycles. The van der Waals surface area contributed by atoms with Gasteiger partial charge in [-0.2, -0.15) is 0 Å². The van der Waals surface area contributed by atoms with Gasteiger partial charge in [0.05, 0.1) is 0 Å². The van der Waals surface area contributed by atoms with E-state index in [4.69, 9.17) is 0 Å². The highest BCUT2D eigenvalue weighted by molar-refractivity contribution is 4.87. The van der Waals surface area contributed by atoms with Crippen LogP contribution >= 0.6 is 0 Å². The fourth-order valence-electron chi connectivity index (χ4n) is 6.67. The average Bonchev–Trinajstić information content (AvgIpc) is 2.73. The first-order valence-corrected chi connectivity index (χ1v) is 13.0. The van der Waals surface area contributed by atoms with Crippen LogP contribution in [0.2, 0.25) is 0 Å². The van der Waals surface area contributed by atoms with Crippen LogP contribution in [0.5, 0.6) is 0 Å². The van der Waals surface area contributed by atoms with Crippen LogP contribution in [0, 0.1) is 23.7 Å². The Hall–Kier alpha value is -0.0400. The lowest BCUT2D eigenvalue weighted by molar-refractivity contribution is 0.0717. The predicted octanol–water partition coefficient (Wildman–Crippen LogP) is 7.83. The molecule has 0 unspecified atom stereocenters. The summed E-state index contributed by atoms with van der Waals surface area (Å²) in [6.45, 7) is 7.50. The molecule has 0 aromatic heterocycles. The summed E-state index contributed by atoms with van der Waals surface area (Å²) in [6.07, 6.45) is 25.5. The van der Waals surface area contributed by atoms with Gasteiger partial charge in [0.1, 0.15) is 0 Å². The Bertz CT molecular complexity index is 368. The Kier molecular flexibility index (Phi) is 9.50. The van der Waals surface area contributed by atoms with Crippen LogP contribution in [-0.4, -0.2) is 24.0 Å². The Morgan fingerprint density at radius 2 is 1.07 bits per heavy atom. The quantitative estimate of drug-likeness (QED) is 0.371. The Balaban J connectivity index is 1.31. The van der Waals surface area contributed by atoms with Gasteiger partial charge in [0.2, 0.25) is 0 Å². The largest absolute Gasteiger partial charge is 0.300 e. The van der Waals surface area contributed by atoms with Crippen LogP contribution in [0.3, 0.4) is 0 Å². The first kappa shape index (κ1) is 21.7. The molecule has 1 aliphatic heterocycles. The summed E-state index contributed by atoms with van der Waals surface area (Å²) in [6, 6.07) is 0.943. The van der Waals surface area contributed by atoms with Gasteiger partial charge in [-0.05, 0) is 88.1 Å². The molecule has 3 fully saturated rings. The molecule has 0 aromatic rings. The van der Waals surface area contributed by atoms with E-state index in [1.54, 1.807) is 38.5 Å². The van der Waals surface area contributed by atoms with Crippen molar-refractivity contribution in [1.29, 1.82) is 0 Å². The molecule has 3 aliphatic rings. The standard InChI is InChI=1S/C26H49N/c1-3-5-7-9-23-18-20-27(21-19-23)26-16-14-25(15-17-26)24-12-10-22(11-13-24)8-6-4-2/h22-26H,3-21H2,1-2H3/t22-,24-,25-,26-. The summed E-state index contributed by atoms with van der Waals surface area (Å²) in [5.41, 5.74) is 0. The maximum Gasteiger partial charge on any atom is 0.00954 e. The minimum absolute atomic E-state index is 0.943. The zero-order chi connectivity index (χ0) is 18.9. The van der Waals surface area contributed by atoms with Crippen molar-refractivity contribution in [2.24, 2.45) is 23.7 Å². The Morgan fingerprint density at radius 1 is 0.556 bits per heavy atom. The second-order valence-electron chi connectivity index (χ2n) is 10.5. The van der Waals surface area contributed by atoms with E-state index in [2.05, 4.69) is 18.7 Å². The minimum Gasteiger partial charge on any atom is -0.300 e. The van der Waals surface area contributed by atoms with E-state index < -0.39 is 0 Å². The van der Waals surface area contributed by atoms with Crippen LogP contribution in [0.4, 0.5) is 0 Å². The second kappa shape index (κ2) is 11.8. The molecule has 158 valence electrons. The molecule has 0 N–H and O–H groups in total. The number of rotatable bonds is 9. The third kappa shape index (κ3) is 6.76. The van der Waals surface area contributed by atoms with Crippen molar-refractivity contribution < 1.29 is 0 Å². The zero-order valence-corrected chi connectivity index (χ0v) is 18.8. The second-order valence-corrected chi connectivity index (χ2v) is 10.5. The van der Waals surface area contributed by atoms with Crippen molar-refractivity contribution in [3.05, 3.63) is 0 Å².